The minimum Gasteiger partial charge on any atom is -0.489 e. The van der Waals surface area contributed by atoms with E-state index in [1.54, 1.807) is 35.7 Å². The lowest BCUT2D eigenvalue weighted by atomic mass is 9.94. The fraction of sp³-hybridized carbons (Fsp3) is 0.132. The maximum Gasteiger partial charge on any atom is 0.341 e. The van der Waals surface area contributed by atoms with E-state index in [0.717, 1.165) is 22.3 Å². The van der Waals surface area contributed by atoms with Crippen molar-refractivity contribution >= 4 is 35.1 Å². The van der Waals surface area contributed by atoms with Crippen LogP contribution in [0.3, 0.4) is 0 Å². The van der Waals surface area contributed by atoms with Crippen molar-refractivity contribution in [3.8, 4) is 33.8 Å². The number of carbonyl (C=O) groups is 1. The molecular formula is C38H34O4S2. The van der Waals surface area contributed by atoms with Gasteiger partial charge in [0.05, 0.1) is 0 Å². The zero-order valence-corrected chi connectivity index (χ0v) is 26.6. The largest absolute Gasteiger partial charge is 0.489 e. The van der Waals surface area contributed by atoms with Gasteiger partial charge in [-0.15, -0.1) is 23.5 Å². The smallest absolute Gasteiger partial charge is 0.341 e. The molecule has 0 heterocycles. The first-order chi connectivity index (χ1) is 21.4. The molecule has 1 N–H and O–H groups in total. The van der Waals surface area contributed by atoms with Gasteiger partial charge in [0.25, 0.3) is 0 Å². The van der Waals surface area contributed by atoms with Gasteiger partial charge in [-0.3, -0.25) is 0 Å². The van der Waals surface area contributed by atoms with E-state index in [1.807, 2.05) is 13.0 Å². The number of hydrogen-bond acceptors (Lipinski definition) is 5. The van der Waals surface area contributed by atoms with Crippen molar-refractivity contribution < 1.29 is 19.4 Å². The topological polar surface area (TPSA) is 55.8 Å². The molecule has 0 bridgehead atoms. The third-order valence-corrected chi connectivity index (χ3v) is 8.68. The van der Waals surface area contributed by atoms with E-state index in [4.69, 9.17) is 14.6 Å². The lowest BCUT2D eigenvalue weighted by Crippen LogP contribution is -2.10. The zero-order chi connectivity index (χ0) is 30.9. The van der Waals surface area contributed by atoms with Crippen molar-refractivity contribution in [2.75, 3.05) is 25.7 Å². The summed E-state index contributed by atoms with van der Waals surface area (Å²) in [5.41, 5.74) is 8.83. The second-order valence-electron chi connectivity index (χ2n) is 10.2. The first kappa shape index (κ1) is 31.0. The lowest BCUT2D eigenvalue weighted by Gasteiger charge is -2.13. The summed E-state index contributed by atoms with van der Waals surface area (Å²) in [7, 11) is 0. The molecule has 0 fully saturated rings. The summed E-state index contributed by atoms with van der Waals surface area (Å²) in [5.74, 6) is 0.210. The van der Waals surface area contributed by atoms with Crippen LogP contribution in [0.2, 0.25) is 0 Å². The minimum atomic E-state index is -1.01. The van der Waals surface area contributed by atoms with Crippen LogP contribution in [-0.4, -0.2) is 36.8 Å². The van der Waals surface area contributed by atoms with E-state index in [9.17, 15) is 4.79 Å². The minimum absolute atomic E-state index is 0.360. The zero-order valence-electron chi connectivity index (χ0n) is 24.9. The van der Waals surface area contributed by atoms with Gasteiger partial charge < -0.3 is 14.6 Å². The van der Waals surface area contributed by atoms with Crippen molar-refractivity contribution in [1.82, 2.24) is 0 Å². The average molecular weight is 619 g/mol. The van der Waals surface area contributed by atoms with Crippen LogP contribution in [0, 0.1) is 6.92 Å². The van der Waals surface area contributed by atoms with Gasteiger partial charge in [-0.1, -0.05) is 72.8 Å². The number of benzene rings is 5. The van der Waals surface area contributed by atoms with Crippen molar-refractivity contribution in [1.29, 1.82) is 0 Å². The van der Waals surface area contributed by atoms with Crippen molar-refractivity contribution in [2.24, 2.45) is 0 Å². The lowest BCUT2D eigenvalue weighted by molar-refractivity contribution is -0.139. The van der Waals surface area contributed by atoms with Gasteiger partial charge in [0.15, 0.2) is 6.61 Å². The van der Waals surface area contributed by atoms with Crippen LogP contribution >= 0.6 is 23.5 Å². The van der Waals surface area contributed by atoms with E-state index >= 15 is 0 Å². The maximum atomic E-state index is 10.9. The van der Waals surface area contributed by atoms with Crippen LogP contribution in [0.4, 0.5) is 0 Å². The highest BCUT2D eigenvalue weighted by atomic mass is 32.2. The Morgan fingerprint density at radius 1 is 0.682 bits per heavy atom. The van der Waals surface area contributed by atoms with Crippen molar-refractivity contribution in [3.05, 3.63) is 138 Å². The molecule has 6 heteroatoms. The molecule has 5 rings (SSSR count). The molecule has 0 aliphatic rings. The standard InChI is InChI=1S/C38H34O4S2/c1-26-22-33(18-19-37(26)42-25-38(39)40)41-21-20-36(29-14-10-27(11-15-29)31-6-4-8-34(23-31)43-2)30-16-12-28(13-17-30)32-7-5-9-35(24-32)44-3/h4-20,22-24H,21,25H2,1-3H3,(H,39,40). The molecule has 0 saturated carbocycles. The fourth-order valence-electron chi connectivity index (χ4n) is 4.93. The average Bonchev–Trinajstić information content (AvgIpc) is 3.06. The second-order valence-corrected chi connectivity index (χ2v) is 11.9. The Bertz CT molecular complexity index is 1670. The van der Waals surface area contributed by atoms with Crippen LogP contribution < -0.4 is 9.47 Å². The Hall–Kier alpha value is -4.39. The Morgan fingerprint density at radius 3 is 1.70 bits per heavy atom. The summed E-state index contributed by atoms with van der Waals surface area (Å²) in [6.07, 6.45) is 6.29. The molecule has 44 heavy (non-hydrogen) atoms. The molecule has 0 amide bonds. The Morgan fingerprint density at radius 2 is 1.23 bits per heavy atom. The van der Waals surface area contributed by atoms with E-state index in [0.29, 0.717) is 18.1 Å². The molecular weight excluding hydrogens is 585 g/mol. The SMILES string of the molecule is CSc1cccc(-c2ccc(C(=CCOc3ccc(OCC(=O)O)c(C)c3)c3ccc(-c4cccc(SC)c4)cc3)cc2)c1. The Kier molecular flexibility index (Phi) is 10.5. The normalized spacial score (nSPS) is 10.7. The second kappa shape index (κ2) is 14.9. The van der Waals surface area contributed by atoms with Crippen molar-refractivity contribution in [3.63, 3.8) is 0 Å². The predicted octanol–water partition coefficient (Wildman–Crippen LogP) is 9.75. The van der Waals surface area contributed by atoms with Crippen LogP contribution in [-0.2, 0) is 4.79 Å². The maximum absolute atomic E-state index is 10.9. The highest BCUT2D eigenvalue weighted by molar-refractivity contribution is 7.98. The molecule has 0 atom stereocenters. The number of carboxylic acid groups (broad SMARTS) is 1. The first-order valence-corrected chi connectivity index (χ1v) is 16.7. The Labute approximate surface area is 267 Å². The number of ether oxygens (including phenoxy) is 2. The molecule has 0 aromatic heterocycles. The predicted molar refractivity (Wildman–Crippen MR) is 184 cm³/mol. The summed E-state index contributed by atoms with van der Waals surface area (Å²) in [4.78, 5) is 13.3. The van der Waals surface area contributed by atoms with Gasteiger partial charge in [0.1, 0.15) is 18.1 Å². The van der Waals surface area contributed by atoms with Gasteiger partial charge in [-0.25, -0.2) is 4.79 Å². The molecule has 0 radical (unpaired) electrons. The van der Waals surface area contributed by atoms with E-state index in [1.165, 1.54) is 32.0 Å². The summed E-state index contributed by atoms with van der Waals surface area (Å²) in [6.45, 7) is 1.86. The summed E-state index contributed by atoms with van der Waals surface area (Å²) in [5, 5.41) is 8.91. The molecule has 4 nitrogen and oxygen atoms in total. The van der Waals surface area contributed by atoms with Gasteiger partial charge in [-0.05, 0) is 112 Å². The van der Waals surface area contributed by atoms with Crippen LogP contribution in [0.25, 0.3) is 27.8 Å². The summed E-state index contributed by atoms with van der Waals surface area (Å²) >= 11 is 3.48. The molecule has 222 valence electrons. The highest BCUT2D eigenvalue weighted by Crippen LogP contribution is 2.31. The summed E-state index contributed by atoms with van der Waals surface area (Å²) < 4.78 is 11.5. The molecule has 0 aliphatic heterocycles. The number of thioether (sulfide) groups is 2. The number of aryl methyl sites for hydroxylation is 1. The number of aliphatic carboxylic acids is 1. The third-order valence-electron chi connectivity index (χ3n) is 7.23. The highest BCUT2D eigenvalue weighted by Gasteiger charge is 2.09. The molecule has 0 unspecified atom stereocenters. The number of rotatable bonds is 12. The molecule has 5 aromatic carbocycles. The fourth-order valence-corrected chi connectivity index (χ4v) is 5.85. The molecule has 0 aliphatic carbocycles. The monoisotopic (exact) mass is 618 g/mol. The first-order valence-electron chi connectivity index (χ1n) is 14.2. The van der Waals surface area contributed by atoms with Gasteiger partial charge in [0.2, 0.25) is 0 Å². The van der Waals surface area contributed by atoms with E-state index in [2.05, 4.69) is 116 Å². The van der Waals surface area contributed by atoms with E-state index < -0.39 is 5.97 Å². The van der Waals surface area contributed by atoms with Crippen molar-refractivity contribution in [2.45, 2.75) is 16.7 Å². The molecule has 0 saturated heterocycles. The number of hydrogen-bond donors (Lipinski definition) is 1. The van der Waals surface area contributed by atoms with Gasteiger partial charge in [0, 0.05) is 9.79 Å². The van der Waals surface area contributed by atoms with Crippen LogP contribution in [0.1, 0.15) is 16.7 Å². The Balaban J connectivity index is 1.42. The van der Waals surface area contributed by atoms with E-state index in [-0.39, 0.29) is 6.61 Å². The molecule has 5 aromatic rings. The van der Waals surface area contributed by atoms with Gasteiger partial charge in [-0.2, -0.15) is 0 Å². The van der Waals surface area contributed by atoms with Crippen LogP contribution in [0.15, 0.2) is 131 Å². The quantitative estimate of drug-likeness (QED) is 0.141. The number of carboxylic acids is 1. The van der Waals surface area contributed by atoms with Crippen LogP contribution in [0.5, 0.6) is 11.5 Å². The third kappa shape index (κ3) is 7.95. The molecule has 0 spiro atoms. The van der Waals surface area contributed by atoms with Gasteiger partial charge >= 0.3 is 5.97 Å². The summed E-state index contributed by atoms with van der Waals surface area (Å²) in [6, 6.07) is 39.9.